The minimum absolute atomic E-state index is 0.0260. The van der Waals surface area contributed by atoms with Gasteiger partial charge in [0.05, 0.1) is 5.02 Å². The fourth-order valence-corrected chi connectivity index (χ4v) is 4.21. The van der Waals surface area contributed by atoms with Crippen LogP contribution in [-0.4, -0.2) is 42.7 Å². The van der Waals surface area contributed by atoms with Crippen LogP contribution < -0.4 is 10.9 Å². The molecule has 162 valence electrons. The van der Waals surface area contributed by atoms with Crippen LogP contribution in [0, 0.1) is 0 Å². The number of hydrogen-bond donors (Lipinski definition) is 2. The number of sulfonamides is 1. The van der Waals surface area contributed by atoms with Crippen LogP contribution in [0.1, 0.15) is 23.0 Å². The maximum atomic E-state index is 12.7. The summed E-state index contributed by atoms with van der Waals surface area (Å²) in [6.07, 6.45) is 0.613. The molecule has 0 aliphatic heterocycles. The maximum Gasteiger partial charge on any atom is 0.255 e. The molecule has 1 heterocycles. The molecule has 2 aromatic carbocycles. The summed E-state index contributed by atoms with van der Waals surface area (Å²) in [6.45, 7) is 1.90. The van der Waals surface area contributed by atoms with E-state index in [1.807, 2.05) is 6.92 Å². The van der Waals surface area contributed by atoms with Gasteiger partial charge in [0, 0.05) is 42.7 Å². The average molecular weight is 461 g/mol. The van der Waals surface area contributed by atoms with E-state index < -0.39 is 15.9 Å². The normalized spacial score (nSPS) is 11.5. The van der Waals surface area contributed by atoms with Crippen molar-refractivity contribution >= 4 is 33.2 Å². The second kappa shape index (κ2) is 9.01. The molecule has 0 bridgehead atoms. The number of anilines is 1. The molecule has 3 aromatic rings. The zero-order valence-corrected chi connectivity index (χ0v) is 18.7. The third-order valence-electron chi connectivity index (χ3n) is 4.50. The first-order valence-corrected chi connectivity index (χ1v) is 11.2. The molecule has 31 heavy (non-hydrogen) atoms. The number of H-pyrrole nitrogens is 1. The Bertz CT molecular complexity index is 1300. The van der Waals surface area contributed by atoms with E-state index in [2.05, 4.69) is 15.3 Å². The predicted octanol–water partition coefficient (Wildman–Crippen LogP) is 3.16. The van der Waals surface area contributed by atoms with Crippen molar-refractivity contribution in [2.45, 2.75) is 18.2 Å². The standard InChI is InChI=1S/C21H21ClN4O4S/c1-4-15-12-19(27)25-20(23-15)13-6-5-7-16(10-13)24-21(28)14-8-9-17(22)18(11-14)31(29,30)26(2)3/h5-12H,4H2,1-3H3,(H,24,28)(H,23,25,27). The fourth-order valence-electron chi connectivity index (χ4n) is 2.81. The fraction of sp³-hybridized carbons (Fsp3) is 0.190. The first kappa shape index (κ1) is 22.7. The van der Waals surface area contributed by atoms with Crippen molar-refractivity contribution < 1.29 is 13.2 Å². The van der Waals surface area contributed by atoms with Gasteiger partial charge in [-0.15, -0.1) is 0 Å². The van der Waals surface area contributed by atoms with Crippen LogP contribution in [0.15, 0.2) is 58.2 Å². The summed E-state index contributed by atoms with van der Waals surface area (Å²) in [5, 5.41) is 2.75. The number of amides is 1. The number of halogens is 1. The summed E-state index contributed by atoms with van der Waals surface area (Å²) >= 11 is 6.04. The molecule has 0 aliphatic carbocycles. The SMILES string of the molecule is CCc1cc(=O)[nH]c(-c2cccc(NC(=O)c3ccc(Cl)c(S(=O)(=O)N(C)C)c3)c2)n1. The molecule has 0 saturated heterocycles. The van der Waals surface area contributed by atoms with E-state index in [9.17, 15) is 18.0 Å². The quantitative estimate of drug-likeness (QED) is 0.586. The van der Waals surface area contributed by atoms with Gasteiger partial charge in [-0.1, -0.05) is 30.7 Å². The van der Waals surface area contributed by atoms with Gasteiger partial charge in [-0.3, -0.25) is 9.59 Å². The van der Waals surface area contributed by atoms with Gasteiger partial charge in [0.1, 0.15) is 10.7 Å². The molecule has 8 nitrogen and oxygen atoms in total. The maximum absolute atomic E-state index is 12.7. The molecule has 0 spiro atoms. The highest BCUT2D eigenvalue weighted by Crippen LogP contribution is 2.26. The summed E-state index contributed by atoms with van der Waals surface area (Å²) in [7, 11) is -1.04. The van der Waals surface area contributed by atoms with E-state index in [-0.39, 0.29) is 21.0 Å². The second-order valence-electron chi connectivity index (χ2n) is 6.91. The third kappa shape index (κ3) is 5.01. The lowest BCUT2D eigenvalue weighted by atomic mass is 10.1. The van der Waals surface area contributed by atoms with Crippen molar-refractivity contribution in [3.8, 4) is 11.4 Å². The Kier molecular flexibility index (Phi) is 6.59. The summed E-state index contributed by atoms with van der Waals surface area (Å²) in [6, 6.07) is 12.3. The zero-order valence-electron chi connectivity index (χ0n) is 17.1. The van der Waals surface area contributed by atoms with Gasteiger partial charge in [-0.05, 0) is 36.8 Å². The second-order valence-corrected chi connectivity index (χ2v) is 9.43. The van der Waals surface area contributed by atoms with Crippen LogP contribution in [0.4, 0.5) is 5.69 Å². The molecule has 10 heteroatoms. The molecule has 0 unspecified atom stereocenters. The molecule has 0 radical (unpaired) electrons. The number of aromatic amines is 1. The van der Waals surface area contributed by atoms with Gasteiger partial charge in [-0.25, -0.2) is 17.7 Å². The first-order chi connectivity index (χ1) is 14.6. The average Bonchev–Trinajstić information content (AvgIpc) is 2.73. The van der Waals surface area contributed by atoms with Crippen molar-refractivity contribution in [1.82, 2.24) is 14.3 Å². The predicted molar refractivity (Wildman–Crippen MR) is 120 cm³/mol. The molecule has 0 atom stereocenters. The number of carbonyl (C=O) groups excluding carboxylic acids is 1. The van der Waals surface area contributed by atoms with Gasteiger partial charge in [0.25, 0.3) is 11.5 Å². The number of nitrogens with one attached hydrogen (secondary N) is 2. The van der Waals surface area contributed by atoms with E-state index in [4.69, 9.17) is 11.6 Å². The molecule has 0 fully saturated rings. The van der Waals surface area contributed by atoms with Crippen molar-refractivity contribution in [2.75, 3.05) is 19.4 Å². The highest BCUT2D eigenvalue weighted by molar-refractivity contribution is 7.89. The minimum Gasteiger partial charge on any atom is -0.322 e. The largest absolute Gasteiger partial charge is 0.322 e. The van der Waals surface area contributed by atoms with Crippen molar-refractivity contribution in [2.24, 2.45) is 0 Å². The van der Waals surface area contributed by atoms with Crippen molar-refractivity contribution in [3.63, 3.8) is 0 Å². The summed E-state index contributed by atoms with van der Waals surface area (Å²) < 4.78 is 25.9. The molecule has 2 N–H and O–H groups in total. The van der Waals surface area contributed by atoms with Gasteiger partial charge in [-0.2, -0.15) is 0 Å². The number of nitrogens with zero attached hydrogens (tertiary/aromatic N) is 2. The Labute approximate surface area is 185 Å². The van der Waals surface area contributed by atoms with Crippen LogP contribution in [0.3, 0.4) is 0 Å². The minimum atomic E-state index is -3.81. The number of rotatable bonds is 6. The molecule has 1 aromatic heterocycles. The first-order valence-electron chi connectivity index (χ1n) is 9.36. The molecule has 0 aliphatic rings. The van der Waals surface area contributed by atoms with E-state index >= 15 is 0 Å². The number of hydrogen-bond acceptors (Lipinski definition) is 5. The van der Waals surface area contributed by atoms with Gasteiger partial charge in [0.15, 0.2) is 0 Å². The van der Waals surface area contributed by atoms with Crippen molar-refractivity contribution in [3.05, 3.63) is 75.2 Å². The van der Waals surface area contributed by atoms with E-state index in [1.165, 1.54) is 38.4 Å². The van der Waals surface area contributed by atoms with Crippen LogP contribution in [0.25, 0.3) is 11.4 Å². The molecule has 1 amide bonds. The Hall–Kier alpha value is -3.01. The van der Waals surface area contributed by atoms with E-state index in [1.54, 1.807) is 24.3 Å². The Balaban J connectivity index is 1.91. The van der Waals surface area contributed by atoms with Crippen LogP contribution in [0.5, 0.6) is 0 Å². The summed E-state index contributed by atoms with van der Waals surface area (Å²) in [5.41, 5.74) is 1.61. The van der Waals surface area contributed by atoms with Crippen LogP contribution in [0.2, 0.25) is 5.02 Å². The number of benzene rings is 2. The third-order valence-corrected chi connectivity index (χ3v) is 6.80. The molecular formula is C21H21ClN4O4S. The highest BCUT2D eigenvalue weighted by Gasteiger charge is 2.22. The zero-order chi connectivity index (χ0) is 22.8. The van der Waals surface area contributed by atoms with Gasteiger partial charge < -0.3 is 10.3 Å². The molecule has 0 saturated carbocycles. The van der Waals surface area contributed by atoms with Crippen molar-refractivity contribution in [1.29, 1.82) is 0 Å². The summed E-state index contributed by atoms with van der Waals surface area (Å²) in [4.78, 5) is 31.5. The number of aromatic nitrogens is 2. The smallest absolute Gasteiger partial charge is 0.255 e. The molecular weight excluding hydrogens is 440 g/mol. The van der Waals surface area contributed by atoms with Crippen LogP contribution in [-0.2, 0) is 16.4 Å². The highest BCUT2D eigenvalue weighted by atomic mass is 35.5. The monoisotopic (exact) mass is 460 g/mol. The lowest BCUT2D eigenvalue weighted by Gasteiger charge is -2.14. The van der Waals surface area contributed by atoms with Gasteiger partial charge >= 0.3 is 0 Å². The topological polar surface area (TPSA) is 112 Å². The lowest BCUT2D eigenvalue weighted by Crippen LogP contribution is -2.23. The summed E-state index contributed by atoms with van der Waals surface area (Å²) in [5.74, 6) is -0.112. The van der Waals surface area contributed by atoms with E-state index in [0.29, 0.717) is 29.2 Å². The number of carbonyl (C=O) groups is 1. The number of aryl methyl sites for hydroxylation is 1. The molecule has 3 rings (SSSR count). The lowest BCUT2D eigenvalue weighted by molar-refractivity contribution is 0.102. The van der Waals surface area contributed by atoms with E-state index in [0.717, 1.165) is 4.31 Å². The Morgan fingerprint density at radius 3 is 2.58 bits per heavy atom. The Morgan fingerprint density at radius 1 is 1.16 bits per heavy atom. The van der Waals surface area contributed by atoms with Gasteiger partial charge in [0.2, 0.25) is 10.0 Å². The Morgan fingerprint density at radius 2 is 1.90 bits per heavy atom. The van der Waals surface area contributed by atoms with Crippen LogP contribution >= 0.6 is 11.6 Å².